The zero-order valence-electron chi connectivity index (χ0n) is 18.4. The minimum absolute atomic E-state index is 0.228. The van der Waals surface area contributed by atoms with Gasteiger partial charge in [0.25, 0.3) is 0 Å². The molecule has 1 N–H and O–H groups in total. The molecule has 5 heteroatoms. The zero-order chi connectivity index (χ0) is 21.6. The van der Waals surface area contributed by atoms with Gasteiger partial charge in [0.1, 0.15) is 18.0 Å². The first-order valence-corrected chi connectivity index (χ1v) is 11.0. The van der Waals surface area contributed by atoms with Crippen molar-refractivity contribution in [1.82, 2.24) is 4.90 Å². The molecule has 0 aliphatic carbocycles. The summed E-state index contributed by atoms with van der Waals surface area (Å²) in [4.78, 5) is 16.3. The van der Waals surface area contributed by atoms with Crippen molar-refractivity contribution >= 4 is 16.7 Å². The summed E-state index contributed by atoms with van der Waals surface area (Å²) in [7, 11) is 3.29. The SMILES string of the molecule is COc1cc(CCC(=O)N2CC[NH+](Cc3cccc4ccccc34)CC2)cc(OC)c1. The fourth-order valence-electron chi connectivity index (χ4n) is 4.39. The molecule has 1 fully saturated rings. The average molecular weight is 420 g/mol. The van der Waals surface area contributed by atoms with Gasteiger partial charge in [0, 0.05) is 18.1 Å². The third-order valence-electron chi connectivity index (χ3n) is 6.18. The van der Waals surface area contributed by atoms with Crippen LogP contribution in [0, 0.1) is 0 Å². The predicted molar refractivity (Wildman–Crippen MR) is 123 cm³/mol. The van der Waals surface area contributed by atoms with Crippen molar-refractivity contribution in [3.63, 3.8) is 0 Å². The molecule has 3 aromatic carbocycles. The van der Waals surface area contributed by atoms with E-state index >= 15 is 0 Å². The Labute approximate surface area is 184 Å². The largest absolute Gasteiger partial charge is 0.497 e. The maximum Gasteiger partial charge on any atom is 0.223 e. The number of nitrogens with zero attached hydrogens (tertiary/aromatic N) is 1. The van der Waals surface area contributed by atoms with Crippen LogP contribution in [0.4, 0.5) is 0 Å². The standard InChI is InChI=1S/C26H30N2O3/c1-30-23-16-20(17-24(18-23)31-2)10-11-26(29)28-14-12-27(13-15-28)19-22-8-5-7-21-6-3-4-9-25(21)22/h3-9,16-18H,10-15,19H2,1-2H3/p+1. The second kappa shape index (κ2) is 9.84. The van der Waals surface area contributed by atoms with Crippen LogP contribution in [0.2, 0.25) is 0 Å². The second-order valence-corrected chi connectivity index (χ2v) is 8.17. The average Bonchev–Trinajstić information content (AvgIpc) is 2.83. The van der Waals surface area contributed by atoms with Crippen LogP contribution in [-0.4, -0.2) is 51.2 Å². The van der Waals surface area contributed by atoms with Crippen LogP contribution in [0.1, 0.15) is 17.5 Å². The van der Waals surface area contributed by atoms with Crippen molar-refractivity contribution in [2.24, 2.45) is 0 Å². The normalized spacial score (nSPS) is 14.6. The minimum Gasteiger partial charge on any atom is -0.497 e. The zero-order valence-corrected chi connectivity index (χ0v) is 18.4. The van der Waals surface area contributed by atoms with E-state index in [0.29, 0.717) is 12.8 Å². The molecule has 3 aromatic rings. The molecule has 0 spiro atoms. The first-order chi connectivity index (χ1) is 15.2. The lowest BCUT2D eigenvalue weighted by molar-refractivity contribution is -0.917. The van der Waals surface area contributed by atoms with Gasteiger partial charge >= 0.3 is 0 Å². The number of fused-ring (bicyclic) bond motifs is 1. The maximum atomic E-state index is 12.8. The molecule has 162 valence electrons. The van der Waals surface area contributed by atoms with E-state index in [1.807, 2.05) is 23.1 Å². The van der Waals surface area contributed by atoms with Crippen LogP contribution < -0.4 is 14.4 Å². The van der Waals surface area contributed by atoms with Gasteiger partial charge in [-0.2, -0.15) is 0 Å². The third kappa shape index (κ3) is 5.17. The fraction of sp³-hybridized carbons (Fsp3) is 0.346. The Morgan fingerprint density at radius 3 is 2.32 bits per heavy atom. The molecule has 5 nitrogen and oxygen atoms in total. The van der Waals surface area contributed by atoms with Gasteiger partial charge in [-0.05, 0) is 34.9 Å². The van der Waals surface area contributed by atoms with E-state index < -0.39 is 0 Å². The predicted octanol–water partition coefficient (Wildman–Crippen LogP) is 2.72. The molecular weight excluding hydrogens is 388 g/mol. The van der Waals surface area contributed by atoms with E-state index in [1.165, 1.54) is 21.2 Å². The summed E-state index contributed by atoms with van der Waals surface area (Å²) in [6, 6.07) is 20.9. The van der Waals surface area contributed by atoms with Crippen molar-refractivity contribution in [3.8, 4) is 11.5 Å². The lowest BCUT2D eigenvalue weighted by atomic mass is 10.0. The molecule has 4 rings (SSSR count). The van der Waals surface area contributed by atoms with Gasteiger partial charge in [0.15, 0.2) is 0 Å². The van der Waals surface area contributed by atoms with Gasteiger partial charge in [-0.1, -0.05) is 42.5 Å². The second-order valence-electron chi connectivity index (χ2n) is 8.17. The Hall–Kier alpha value is -3.05. The Morgan fingerprint density at radius 2 is 1.61 bits per heavy atom. The monoisotopic (exact) mass is 419 g/mol. The van der Waals surface area contributed by atoms with E-state index in [1.54, 1.807) is 14.2 Å². The van der Waals surface area contributed by atoms with Crippen molar-refractivity contribution in [2.75, 3.05) is 40.4 Å². The molecule has 0 bridgehead atoms. The van der Waals surface area contributed by atoms with Crippen LogP contribution in [0.3, 0.4) is 0 Å². The highest BCUT2D eigenvalue weighted by Gasteiger charge is 2.24. The summed E-state index contributed by atoms with van der Waals surface area (Å²) in [6.07, 6.45) is 1.20. The molecule has 1 saturated heterocycles. The van der Waals surface area contributed by atoms with Gasteiger partial charge in [-0.25, -0.2) is 0 Å². The summed E-state index contributed by atoms with van der Waals surface area (Å²) >= 11 is 0. The molecule has 0 unspecified atom stereocenters. The molecule has 1 amide bonds. The summed E-state index contributed by atoms with van der Waals surface area (Å²) in [5.41, 5.74) is 2.45. The number of quaternary nitrogens is 1. The Bertz CT molecular complexity index is 1010. The number of methoxy groups -OCH3 is 2. The van der Waals surface area contributed by atoms with Crippen LogP contribution in [0.15, 0.2) is 60.7 Å². The number of nitrogens with one attached hydrogen (secondary N) is 1. The highest BCUT2D eigenvalue weighted by molar-refractivity contribution is 5.85. The highest BCUT2D eigenvalue weighted by atomic mass is 16.5. The molecule has 0 atom stereocenters. The number of benzene rings is 3. The molecule has 1 aliphatic rings. The Kier molecular flexibility index (Phi) is 6.73. The number of amides is 1. The smallest absolute Gasteiger partial charge is 0.223 e. The van der Waals surface area contributed by atoms with Crippen LogP contribution >= 0.6 is 0 Å². The lowest BCUT2D eigenvalue weighted by Gasteiger charge is -2.32. The minimum atomic E-state index is 0.228. The van der Waals surface area contributed by atoms with Crippen LogP contribution in [-0.2, 0) is 17.8 Å². The van der Waals surface area contributed by atoms with Gasteiger partial charge in [-0.3, -0.25) is 4.79 Å². The molecular formula is C26H31N2O3+. The first kappa shape index (κ1) is 21.2. The molecule has 1 heterocycles. The summed E-state index contributed by atoms with van der Waals surface area (Å²) in [5.74, 6) is 1.74. The molecule has 31 heavy (non-hydrogen) atoms. The van der Waals surface area contributed by atoms with Crippen LogP contribution in [0.25, 0.3) is 10.8 Å². The van der Waals surface area contributed by atoms with E-state index in [9.17, 15) is 4.79 Å². The van der Waals surface area contributed by atoms with Gasteiger partial charge < -0.3 is 19.3 Å². The fourth-order valence-corrected chi connectivity index (χ4v) is 4.39. The number of carbonyl (C=O) groups excluding carboxylic acids is 1. The summed E-state index contributed by atoms with van der Waals surface area (Å²) in [5, 5.41) is 2.63. The number of rotatable bonds is 7. The molecule has 0 saturated carbocycles. The topological polar surface area (TPSA) is 43.2 Å². The summed E-state index contributed by atoms with van der Waals surface area (Å²) < 4.78 is 10.7. The van der Waals surface area contributed by atoms with Gasteiger partial charge in [0.2, 0.25) is 5.91 Å². The van der Waals surface area contributed by atoms with E-state index in [2.05, 4.69) is 42.5 Å². The molecule has 0 radical (unpaired) electrons. The number of piperazine rings is 1. The number of aryl methyl sites for hydroxylation is 1. The maximum absolute atomic E-state index is 12.8. The molecule has 1 aliphatic heterocycles. The van der Waals surface area contributed by atoms with E-state index in [-0.39, 0.29) is 5.91 Å². The van der Waals surface area contributed by atoms with Gasteiger partial charge in [0.05, 0.1) is 40.4 Å². The quantitative estimate of drug-likeness (QED) is 0.640. The number of ether oxygens (including phenoxy) is 2. The number of hydrogen-bond donors (Lipinski definition) is 1. The number of hydrogen-bond acceptors (Lipinski definition) is 3. The Balaban J connectivity index is 1.30. The molecule has 0 aromatic heterocycles. The first-order valence-electron chi connectivity index (χ1n) is 11.0. The lowest BCUT2D eigenvalue weighted by Crippen LogP contribution is -3.13. The summed E-state index contributed by atoms with van der Waals surface area (Å²) in [6.45, 7) is 4.62. The van der Waals surface area contributed by atoms with E-state index in [0.717, 1.165) is 49.8 Å². The van der Waals surface area contributed by atoms with Crippen molar-refractivity contribution in [2.45, 2.75) is 19.4 Å². The van der Waals surface area contributed by atoms with Crippen molar-refractivity contribution < 1.29 is 19.2 Å². The highest BCUT2D eigenvalue weighted by Crippen LogP contribution is 2.23. The van der Waals surface area contributed by atoms with E-state index in [4.69, 9.17) is 9.47 Å². The van der Waals surface area contributed by atoms with Crippen molar-refractivity contribution in [3.05, 3.63) is 71.8 Å². The number of carbonyl (C=O) groups is 1. The Morgan fingerprint density at radius 1 is 0.935 bits per heavy atom. The van der Waals surface area contributed by atoms with Crippen molar-refractivity contribution in [1.29, 1.82) is 0 Å². The van der Waals surface area contributed by atoms with Gasteiger partial charge in [-0.15, -0.1) is 0 Å². The third-order valence-corrected chi connectivity index (χ3v) is 6.18. The van der Waals surface area contributed by atoms with Crippen LogP contribution in [0.5, 0.6) is 11.5 Å².